The smallest absolute Gasteiger partial charge is 0.325 e. The highest BCUT2D eigenvalue weighted by atomic mass is 16.2. The Morgan fingerprint density at radius 3 is 2.55 bits per heavy atom. The van der Waals surface area contributed by atoms with Gasteiger partial charge in [0, 0.05) is 50.4 Å². The zero-order valence-electron chi connectivity index (χ0n) is 16.5. The largest absolute Gasteiger partial charge is 0.341 e. The first-order valence-corrected chi connectivity index (χ1v) is 9.77. The van der Waals surface area contributed by atoms with Crippen molar-refractivity contribution in [2.24, 2.45) is 0 Å². The van der Waals surface area contributed by atoms with E-state index in [9.17, 15) is 14.4 Å². The van der Waals surface area contributed by atoms with Gasteiger partial charge in [0.05, 0.1) is 11.6 Å². The average molecular weight is 395 g/mol. The van der Waals surface area contributed by atoms with Crippen molar-refractivity contribution in [3.8, 4) is 6.07 Å². The molecule has 0 spiro atoms. The number of hydrogen-bond acceptors (Lipinski definition) is 5. The number of nitrogens with one attached hydrogen (secondary N) is 2. The molecule has 1 fully saturated rings. The van der Waals surface area contributed by atoms with E-state index in [4.69, 9.17) is 5.26 Å². The Balaban J connectivity index is 1.53. The predicted octanol–water partition coefficient (Wildman–Crippen LogP) is 0.910. The third-order valence-corrected chi connectivity index (χ3v) is 5.27. The molecule has 152 valence electrons. The van der Waals surface area contributed by atoms with E-state index in [1.54, 1.807) is 6.92 Å². The van der Waals surface area contributed by atoms with E-state index < -0.39 is 11.2 Å². The fraction of sp³-hybridized carbons (Fsp3) is 0.429. The Hall–Kier alpha value is -3.18. The Morgan fingerprint density at radius 2 is 1.86 bits per heavy atom. The van der Waals surface area contributed by atoms with E-state index in [0.29, 0.717) is 36.3 Å². The van der Waals surface area contributed by atoms with E-state index >= 15 is 0 Å². The number of carbonyl (C=O) groups excluding carboxylic acids is 1. The van der Waals surface area contributed by atoms with Crippen LogP contribution in [0.25, 0.3) is 0 Å². The molecule has 8 nitrogen and oxygen atoms in total. The number of amides is 1. The molecule has 1 aliphatic rings. The Bertz CT molecular complexity index is 1020. The lowest BCUT2D eigenvalue weighted by Crippen LogP contribution is -2.35. The molecule has 0 radical (unpaired) electrons. The maximum absolute atomic E-state index is 12.6. The van der Waals surface area contributed by atoms with Crippen molar-refractivity contribution in [3.63, 3.8) is 0 Å². The molecule has 0 atom stereocenters. The van der Waals surface area contributed by atoms with Crippen molar-refractivity contribution in [3.05, 3.63) is 67.5 Å². The molecule has 2 N–H and O–H groups in total. The summed E-state index contributed by atoms with van der Waals surface area (Å²) >= 11 is 0. The van der Waals surface area contributed by atoms with Gasteiger partial charge >= 0.3 is 5.69 Å². The molecular formula is C21H25N5O3. The molecule has 29 heavy (non-hydrogen) atoms. The third-order valence-electron chi connectivity index (χ3n) is 5.27. The summed E-state index contributed by atoms with van der Waals surface area (Å²) in [7, 11) is 0. The lowest BCUT2D eigenvalue weighted by Gasteiger charge is -2.22. The van der Waals surface area contributed by atoms with Crippen LogP contribution < -0.4 is 11.2 Å². The van der Waals surface area contributed by atoms with Gasteiger partial charge in [-0.3, -0.25) is 19.5 Å². The van der Waals surface area contributed by atoms with Gasteiger partial charge in [-0.25, -0.2) is 4.79 Å². The number of carbonyl (C=O) groups is 1. The minimum atomic E-state index is -0.530. The van der Waals surface area contributed by atoms with E-state index in [-0.39, 0.29) is 12.3 Å². The highest BCUT2D eigenvalue weighted by Crippen LogP contribution is 2.12. The number of H-pyrrole nitrogens is 2. The molecule has 0 bridgehead atoms. The van der Waals surface area contributed by atoms with Crippen LogP contribution in [0.5, 0.6) is 0 Å². The van der Waals surface area contributed by atoms with Gasteiger partial charge in [0.25, 0.3) is 5.56 Å². The molecule has 0 unspecified atom stereocenters. The monoisotopic (exact) mass is 395 g/mol. The second-order valence-electron chi connectivity index (χ2n) is 7.33. The predicted molar refractivity (Wildman–Crippen MR) is 108 cm³/mol. The number of nitriles is 1. The van der Waals surface area contributed by atoms with Crippen molar-refractivity contribution < 1.29 is 4.79 Å². The van der Waals surface area contributed by atoms with Gasteiger partial charge in [-0.1, -0.05) is 12.1 Å². The number of aromatic amines is 2. The third kappa shape index (κ3) is 5.42. The summed E-state index contributed by atoms with van der Waals surface area (Å²) in [6.07, 6.45) is 1.44. The molecule has 0 aliphatic carbocycles. The first kappa shape index (κ1) is 20.6. The van der Waals surface area contributed by atoms with E-state index in [0.717, 1.165) is 31.6 Å². The molecular weight excluding hydrogens is 370 g/mol. The number of aromatic nitrogens is 2. The van der Waals surface area contributed by atoms with Gasteiger partial charge in [0.1, 0.15) is 0 Å². The second-order valence-corrected chi connectivity index (χ2v) is 7.33. The number of nitrogens with zero attached hydrogens (tertiary/aromatic N) is 3. The van der Waals surface area contributed by atoms with Gasteiger partial charge < -0.3 is 9.88 Å². The summed E-state index contributed by atoms with van der Waals surface area (Å²) in [4.78, 5) is 44.8. The standard InChI is InChI=1S/C21H25N5O3/c1-15-18(20(28)24-21(29)23-15)7-8-19(27)26-10-2-9-25(11-12-26)14-17-5-3-16(13-22)4-6-17/h3-6H,2,7-12,14H2,1H3,(H2,23,24,28,29). The van der Waals surface area contributed by atoms with Crippen LogP contribution in [0.3, 0.4) is 0 Å². The highest BCUT2D eigenvalue weighted by Gasteiger charge is 2.20. The summed E-state index contributed by atoms with van der Waals surface area (Å²) in [5, 5.41) is 8.89. The van der Waals surface area contributed by atoms with Gasteiger partial charge in [-0.05, 0) is 37.5 Å². The van der Waals surface area contributed by atoms with Gasteiger partial charge in [-0.15, -0.1) is 0 Å². The van der Waals surface area contributed by atoms with Crippen molar-refractivity contribution in [1.82, 2.24) is 19.8 Å². The maximum Gasteiger partial charge on any atom is 0.325 e. The normalized spacial score (nSPS) is 15.0. The van der Waals surface area contributed by atoms with E-state index in [2.05, 4.69) is 20.9 Å². The fourth-order valence-electron chi connectivity index (χ4n) is 3.64. The van der Waals surface area contributed by atoms with Crippen LogP contribution in [0.2, 0.25) is 0 Å². The summed E-state index contributed by atoms with van der Waals surface area (Å²) in [6, 6.07) is 9.71. The first-order valence-electron chi connectivity index (χ1n) is 9.77. The topological polar surface area (TPSA) is 113 Å². The zero-order chi connectivity index (χ0) is 20.8. The van der Waals surface area contributed by atoms with Crippen LogP contribution in [0.15, 0.2) is 33.9 Å². The first-order chi connectivity index (χ1) is 14.0. The highest BCUT2D eigenvalue weighted by molar-refractivity contribution is 5.76. The Morgan fingerprint density at radius 1 is 1.10 bits per heavy atom. The molecule has 1 aromatic heterocycles. The van der Waals surface area contributed by atoms with Crippen LogP contribution in [-0.2, 0) is 17.8 Å². The average Bonchev–Trinajstić information content (AvgIpc) is 2.93. The minimum absolute atomic E-state index is 0.0234. The van der Waals surface area contributed by atoms with Crippen molar-refractivity contribution in [2.45, 2.75) is 32.7 Å². The number of rotatable bonds is 5. The molecule has 1 amide bonds. The Kier molecular flexibility index (Phi) is 6.62. The van der Waals surface area contributed by atoms with Crippen molar-refractivity contribution in [1.29, 1.82) is 5.26 Å². The zero-order valence-corrected chi connectivity index (χ0v) is 16.5. The molecule has 1 aromatic carbocycles. The molecule has 1 saturated heterocycles. The Labute approximate surface area is 168 Å². The SMILES string of the molecule is Cc1[nH]c(=O)[nH]c(=O)c1CCC(=O)N1CCCN(Cc2ccc(C#N)cc2)CC1. The molecule has 8 heteroatoms. The van der Waals surface area contributed by atoms with Crippen LogP contribution in [-0.4, -0.2) is 51.9 Å². The van der Waals surface area contributed by atoms with Crippen LogP contribution in [0.4, 0.5) is 0 Å². The van der Waals surface area contributed by atoms with E-state index in [1.807, 2.05) is 29.2 Å². The lowest BCUT2D eigenvalue weighted by molar-refractivity contribution is -0.131. The lowest BCUT2D eigenvalue weighted by atomic mass is 10.1. The van der Waals surface area contributed by atoms with Crippen molar-refractivity contribution >= 4 is 5.91 Å². The van der Waals surface area contributed by atoms with E-state index in [1.165, 1.54) is 0 Å². The number of hydrogen-bond donors (Lipinski definition) is 2. The molecule has 2 heterocycles. The molecule has 1 aliphatic heterocycles. The van der Waals surface area contributed by atoms with Crippen LogP contribution in [0.1, 0.15) is 35.2 Å². The molecule has 3 rings (SSSR count). The molecule has 2 aromatic rings. The number of aryl methyl sites for hydroxylation is 1. The van der Waals surface area contributed by atoms with Crippen molar-refractivity contribution in [2.75, 3.05) is 26.2 Å². The van der Waals surface area contributed by atoms with Crippen LogP contribution in [0, 0.1) is 18.3 Å². The summed E-state index contributed by atoms with van der Waals surface area (Å²) in [6.45, 7) is 5.50. The van der Waals surface area contributed by atoms with Gasteiger partial charge in [-0.2, -0.15) is 5.26 Å². The summed E-state index contributed by atoms with van der Waals surface area (Å²) in [5.74, 6) is 0.0234. The maximum atomic E-state index is 12.6. The minimum Gasteiger partial charge on any atom is -0.341 e. The van der Waals surface area contributed by atoms with Gasteiger partial charge in [0.2, 0.25) is 5.91 Å². The quantitative estimate of drug-likeness (QED) is 0.781. The van der Waals surface area contributed by atoms with Gasteiger partial charge in [0.15, 0.2) is 0 Å². The second kappa shape index (κ2) is 9.34. The summed E-state index contributed by atoms with van der Waals surface area (Å²) < 4.78 is 0. The molecule has 0 saturated carbocycles. The number of benzene rings is 1. The fourth-order valence-corrected chi connectivity index (χ4v) is 3.64. The van der Waals surface area contributed by atoms with Crippen LogP contribution >= 0.6 is 0 Å². The summed E-state index contributed by atoms with van der Waals surface area (Å²) in [5.41, 5.74) is 1.81.